The SMILES string of the molecule is CCCCN(Cc1ccccc1)C(=S)Nc1ccc(Cl)cc1Cl. The molecule has 2 rings (SSSR count). The van der Waals surface area contributed by atoms with E-state index < -0.39 is 0 Å². The van der Waals surface area contributed by atoms with Crippen LogP contribution in [0.3, 0.4) is 0 Å². The summed E-state index contributed by atoms with van der Waals surface area (Å²) in [5.74, 6) is 0. The lowest BCUT2D eigenvalue weighted by atomic mass is 10.2. The number of halogens is 2. The van der Waals surface area contributed by atoms with Gasteiger partial charge in [-0.3, -0.25) is 0 Å². The van der Waals surface area contributed by atoms with Gasteiger partial charge in [0.15, 0.2) is 5.11 Å². The molecule has 0 bridgehead atoms. The number of anilines is 1. The van der Waals surface area contributed by atoms with Gasteiger partial charge in [-0.2, -0.15) is 0 Å². The summed E-state index contributed by atoms with van der Waals surface area (Å²) >= 11 is 17.7. The molecule has 2 nitrogen and oxygen atoms in total. The molecule has 0 aliphatic carbocycles. The van der Waals surface area contributed by atoms with Crippen LogP contribution in [0, 0.1) is 0 Å². The van der Waals surface area contributed by atoms with Crippen molar-refractivity contribution < 1.29 is 0 Å². The van der Waals surface area contributed by atoms with E-state index in [1.165, 1.54) is 5.56 Å². The number of benzene rings is 2. The molecular weight excluding hydrogens is 347 g/mol. The van der Waals surface area contributed by atoms with Gasteiger partial charge >= 0.3 is 0 Å². The highest BCUT2D eigenvalue weighted by Crippen LogP contribution is 2.25. The van der Waals surface area contributed by atoms with E-state index >= 15 is 0 Å². The molecule has 0 saturated carbocycles. The van der Waals surface area contributed by atoms with Crippen LogP contribution in [0.2, 0.25) is 10.0 Å². The first-order chi connectivity index (χ1) is 11.1. The molecule has 23 heavy (non-hydrogen) atoms. The van der Waals surface area contributed by atoms with Gasteiger partial charge in [-0.1, -0.05) is 66.9 Å². The van der Waals surface area contributed by atoms with E-state index in [9.17, 15) is 0 Å². The third-order valence-electron chi connectivity index (χ3n) is 3.46. The fourth-order valence-corrected chi connectivity index (χ4v) is 2.91. The van der Waals surface area contributed by atoms with Crippen molar-refractivity contribution in [1.82, 2.24) is 4.90 Å². The Bertz CT molecular complexity index is 647. The Labute approximate surface area is 153 Å². The molecule has 2 aromatic carbocycles. The molecule has 0 aromatic heterocycles. The summed E-state index contributed by atoms with van der Waals surface area (Å²) in [6, 6.07) is 15.7. The van der Waals surface area contributed by atoms with Crippen LogP contribution >= 0.6 is 35.4 Å². The van der Waals surface area contributed by atoms with Crippen molar-refractivity contribution in [3.8, 4) is 0 Å². The highest BCUT2D eigenvalue weighted by atomic mass is 35.5. The van der Waals surface area contributed by atoms with Gasteiger partial charge in [-0.15, -0.1) is 0 Å². The van der Waals surface area contributed by atoms with Gasteiger partial charge in [0.1, 0.15) is 0 Å². The molecule has 2 aromatic rings. The summed E-state index contributed by atoms with van der Waals surface area (Å²) in [6.45, 7) is 3.85. The molecule has 0 aliphatic heterocycles. The third-order valence-corrected chi connectivity index (χ3v) is 4.37. The standard InChI is InChI=1S/C18H20Cl2N2S/c1-2-3-11-22(13-14-7-5-4-6-8-14)18(23)21-17-10-9-15(19)12-16(17)20/h4-10,12H,2-3,11,13H2,1H3,(H,21,23). The highest BCUT2D eigenvalue weighted by Gasteiger charge is 2.12. The fourth-order valence-electron chi connectivity index (χ4n) is 2.19. The van der Waals surface area contributed by atoms with Crippen LogP contribution in [0.25, 0.3) is 0 Å². The lowest BCUT2D eigenvalue weighted by Gasteiger charge is -2.26. The van der Waals surface area contributed by atoms with Crippen LogP contribution in [0.5, 0.6) is 0 Å². The van der Waals surface area contributed by atoms with Gasteiger partial charge in [-0.05, 0) is 42.4 Å². The number of hydrogen-bond donors (Lipinski definition) is 1. The van der Waals surface area contributed by atoms with E-state index in [2.05, 4.69) is 29.3 Å². The second kappa shape index (κ2) is 9.11. The van der Waals surface area contributed by atoms with Gasteiger partial charge in [-0.25, -0.2) is 0 Å². The lowest BCUT2D eigenvalue weighted by molar-refractivity contribution is 0.408. The first-order valence-electron chi connectivity index (χ1n) is 7.65. The Morgan fingerprint density at radius 2 is 1.87 bits per heavy atom. The zero-order chi connectivity index (χ0) is 16.7. The normalized spacial score (nSPS) is 10.4. The Balaban J connectivity index is 2.09. The van der Waals surface area contributed by atoms with E-state index in [0.29, 0.717) is 15.2 Å². The van der Waals surface area contributed by atoms with E-state index in [1.54, 1.807) is 12.1 Å². The average Bonchev–Trinajstić information content (AvgIpc) is 2.55. The second-order valence-electron chi connectivity index (χ2n) is 5.32. The Morgan fingerprint density at radius 1 is 1.13 bits per heavy atom. The summed E-state index contributed by atoms with van der Waals surface area (Å²) in [5, 5.41) is 5.08. The van der Waals surface area contributed by atoms with Crippen molar-refractivity contribution in [3.05, 3.63) is 64.1 Å². The van der Waals surface area contributed by atoms with Gasteiger partial charge in [0.25, 0.3) is 0 Å². The molecule has 0 spiro atoms. The number of thiocarbonyl (C=S) groups is 1. The van der Waals surface area contributed by atoms with Gasteiger partial charge < -0.3 is 10.2 Å². The van der Waals surface area contributed by atoms with Crippen molar-refractivity contribution >= 4 is 46.2 Å². The minimum atomic E-state index is 0.565. The molecule has 1 N–H and O–H groups in total. The minimum Gasteiger partial charge on any atom is -0.345 e. The van der Waals surface area contributed by atoms with E-state index in [1.807, 2.05) is 24.3 Å². The molecule has 0 aliphatic rings. The van der Waals surface area contributed by atoms with Crippen LogP contribution in [0.1, 0.15) is 25.3 Å². The van der Waals surface area contributed by atoms with Crippen LogP contribution < -0.4 is 5.32 Å². The summed E-state index contributed by atoms with van der Waals surface area (Å²) in [5.41, 5.74) is 2.01. The molecule has 0 amide bonds. The van der Waals surface area contributed by atoms with E-state index in [0.717, 1.165) is 31.6 Å². The molecule has 0 unspecified atom stereocenters. The third kappa shape index (κ3) is 5.69. The number of nitrogens with zero attached hydrogens (tertiary/aromatic N) is 1. The first kappa shape index (κ1) is 18.1. The smallest absolute Gasteiger partial charge is 0.173 e. The van der Waals surface area contributed by atoms with Crippen molar-refractivity contribution in [2.45, 2.75) is 26.3 Å². The molecule has 0 atom stereocenters. The van der Waals surface area contributed by atoms with Crippen molar-refractivity contribution in [2.75, 3.05) is 11.9 Å². The first-order valence-corrected chi connectivity index (χ1v) is 8.81. The summed E-state index contributed by atoms with van der Waals surface area (Å²) in [7, 11) is 0. The molecule has 0 heterocycles. The van der Waals surface area contributed by atoms with Crippen LogP contribution in [-0.4, -0.2) is 16.6 Å². The monoisotopic (exact) mass is 366 g/mol. The second-order valence-corrected chi connectivity index (χ2v) is 6.55. The number of hydrogen-bond acceptors (Lipinski definition) is 1. The van der Waals surface area contributed by atoms with Crippen LogP contribution in [-0.2, 0) is 6.54 Å². The fraction of sp³-hybridized carbons (Fsp3) is 0.278. The lowest BCUT2D eigenvalue weighted by Crippen LogP contribution is -2.35. The van der Waals surface area contributed by atoms with Crippen molar-refractivity contribution in [1.29, 1.82) is 0 Å². The van der Waals surface area contributed by atoms with Crippen LogP contribution in [0.4, 0.5) is 5.69 Å². The molecule has 0 saturated heterocycles. The van der Waals surface area contributed by atoms with Crippen molar-refractivity contribution in [2.24, 2.45) is 0 Å². The average molecular weight is 367 g/mol. The zero-order valence-electron chi connectivity index (χ0n) is 13.1. The largest absolute Gasteiger partial charge is 0.345 e. The Hall–Kier alpha value is -1.29. The Morgan fingerprint density at radius 3 is 2.52 bits per heavy atom. The zero-order valence-corrected chi connectivity index (χ0v) is 15.4. The quantitative estimate of drug-likeness (QED) is 0.631. The van der Waals surface area contributed by atoms with E-state index in [4.69, 9.17) is 35.4 Å². The topological polar surface area (TPSA) is 15.3 Å². The summed E-state index contributed by atoms with van der Waals surface area (Å²) in [6.07, 6.45) is 2.21. The summed E-state index contributed by atoms with van der Waals surface area (Å²) in [4.78, 5) is 2.17. The Kier molecular flexibility index (Phi) is 7.15. The predicted molar refractivity (Wildman–Crippen MR) is 104 cm³/mol. The number of nitrogens with one attached hydrogen (secondary N) is 1. The molecule has 5 heteroatoms. The molecular formula is C18H20Cl2N2S. The minimum absolute atomic E-state index is 0.565. The van der Waals surface area contributed by atoms with Crippen molar-refractivity contribution in [3.63, 3.8) is 0 Å². The summed E-state index contributed by atoms with van der Waals surface area (Å²) < 4.78 is 0. The highest BCUT2D eigenvalue weighted by molar-refractivity contribution is 7.80. The number of rotatable bonds is 6. The maximum atomic E-state index is 6.22. The predicted octanol–water partition coefficient (Wildman–Crippen LogP) is 5.99. The van der Waals surface area contributed by atoms with E-state index in [-0.39, 0.29) is 0 Å². The van der Waals surface area contributed by atoms with Crippen LogP contribution in [0.15, 0.2) is 48.5 Å². The molecule has 0 radical (unpaired) electrons. The maximum Gasteiger partial charge on any atom is 0.173 e. The molecule has 0 fully saturated rings. The van der Waals surface area contributed by atoms with Gasteiger partial charge in [0.05, 0.1) is 10.7 Å². The van der Waals surface area contributed by atoms with Gasteiger partial charge in [0, 0.05) is 18.1 Å². The van der Waals surface area contributed by atoms with Gasteiger partial charge in [0.2, 0.25) is 0 Å². The molecule has 122 valence electrons. The number of unbranched alkanes of at least 4 members (excludes halogenated alkanes) is 1. The maximum absolute atomic E-state index is 6.22.